The number of hydrogen-bond acceptors (Lipinski definition) is 1. The molecule has 0 aromatic rings. The Labute approximate surface area is 200 Å². The van der Waals surface area contributed by atoms with Gasteiger partial charge >= 0.3 is 0 Å². The summed E-state index contributed by atoms with van der Waals surface area (Å²) in [7, 11) is 2.11. The van der Waals surface area contributed by atoms with Crippen LogP contribution in [-0.4, -0.2) is 7.05 Å². The van der Waals surface area contributed by atoms with Crippen molar-refractivity contribution >= 4 is 0 Å². The van der Waals surface area contributed by atoms with Crippen LogP contribution in [0.1, 0.15) is 112 Å². The average molecular weight is 440 g/mol. The normalized spacial score (nSPS) is 48.6. The summed E-state index contributed by atoms with van der Waals surface area (Å²) in [5.74, 6) is 4.78. The minimum absolute atomic E-state index is 0.424. The molecule has 5 aliphatic carbocycles. The monoisotopic (exact) mass is 439 g/mol. The summed E-state index contributed by atoms with van der Waals surface area (Å²) in [6.07, 6.45) is 19.4. The van der Waals surface area contributed by atoms with Crippen LogP contribution in [0, 0.1) is 51.2 Å². The smallest absolute Gasteiger partial charge is 0.0126 e. The summed E-state index contributed by atoms with van der Waals surface area (Å²) in [5, 5.41) is 3.52. The maximum absolute atomic E-state index is 4.54. The molecule has 0 heterocycles. The minimum Gasteiger partial charge on any atom is -0.391 e. The van der Waals surface area contributed by atoms with E-state index in [4.69, 9.17) is 0 Å². The molecule has 1 N–H and O–H groups in total. The lowest BCUT2D eigenvalue weighted by atomic mass is 9.36. The highest BCUT2D eigenvalue weighted by Crippen LogP contribution is 2.73. The third-order valence-electron chi connectivity index (χ3n) is 12.2. The Kier molecular flexibility index (Phi) is 6.48. The van der Waals surface area contributed by atoms with Crippen molar-refractivity contribution in [3.8, 4) is 0 Å². The highest BCUT2D eigenvalue weighted by Gasteiger charge is 2.65. The molecule has 5 aliphatic rings. The number of allylic oxidation sites excluding steroid dienone is 2. The maximum atomic E-state index is 4.54. The molecule has 32 heavy (non-hydrogen) atoms. The lowest BCUT2D eigenvalue weighted by Gasteiger charge is -2.68. The Bertz CT molecular complexity index is 720. The van der Waals surface area contributed by atoms with Crippen LogP contribution in [0.25, 0.3) is 0 Å². The molecule has 0 aromatic carbocycles. The topological polar surface area (TPSA) is 12.0 Å². The second-order valence-electron chi connectivity index (χ2n) is 13.7. The zero-order valence-electron chi connectivity index (χ0n) is 22.4. The fourth-order valence-corrected chi connectivity index (χ4v) is 11.1. The summed E-state index contributed by atoms with van der Waals surface area (Å²) in [4.78, 5) is 0. The molecule has 0 radical (unpaired) electrons. The van der Waals surface area contributed by atoms with Gasteiger partial charge in [0.05, 0.1) is 0 Å². The minimum atomic E-state index is 0.424. The summed E-state index contributed by atoms with van der Waals surface area (Å²) in [6.45, 7) is 20.5. The van der Waals surface area contributed by atoms with Gasteiger partial charge in [0.1, 0.15) is 0 Å². The van der Waals surface area contributed by atoms with Crippen LogP contribution < -0.4 is 5.32 Å². The Balaban J connectivity index is 0.000000775. The molecule has 5 fully saturated rings. The summed E-state index contributed by atoms with van der Waals surface area (Å²) in [5.41, 5.74) is 3.54. The number of fused-ring (bicyclic) bond motifs is 7. The Morgan fingerprint density at radius 3 is 2.19 bits per heavy atom. The molecule has 1 nitrogen and oxygen atoms in total. The van der Waals surface area contributed by atoms with E-state index in [1.54, 1.807) is 6.08 Å². The summed E-state index contributed by atoms with van der Waals surface area (Å²) >= 11 is 0. The molecule has 8 atom stereocenters. The van der Waals surface area contributed by atoms with Gasteiger partial charge in [-0.25, -0.2) is 0 Å². The van der Waals surface area contributed by atoms with Crippen LogP contribution in [0.2, 0.25) is 0 Å². The molecule has 0 saturated heterocycles. The number of nitrogens with one attached hydrogen (secondary N) is 1. The fraction of sp³-hybridized carbons (Fsp3) is 0.871. The van der Waals surface area contributed by atoms with E-state index in [1.165, 1.54) is 82.7 Å². The van der Waals surface area contributed by atoms with Crippen LogP contribution in [0.5, 0.6) is 0 Å². The van der Waals surface area contributed by atoms with Crippen molar-refractivity contribution in [1.29, 1.82) is 0 Å². The second kappa shape index (κ2) is 8.49. The van der Waals surface area contributed by atoms with Crippen molar-refractivity contribution in [3.63, 3.8) is 0 Å². The maximum Gasteiger partial charge on any atom is 0.0126 e. The predicted molar refractivity (Wildman–Crippen MR) is 139 cm³/mol. The highest BCUT2D eigenvalue weighted by atomic mass is 14.9. The Hall–Kier alpha value is -0.720. The van der Waals surface area contributed by atoms with Crippen LogP contribution in [0.15, 0.2) is 24.9 Å². The molecule has 182 valence electrons. The first-order valence-electron chi connectivity index (χ1n) is 14.0. The average Bonchev–Trinajstić information content (AvgIpc) is 3.18. The van der Waals surface area contributed by atoms with Gasteiger partial charge in [0.2, 0.25) is 0 Å². The van der Waals surface area contributed by atoms with Gasteiger partial charge in [0.25, 0.3) is 0 Å². The van der Waals surface area contributed by atoms with Crippen molar-refractivity contribution in [2.75, 3.05) is 7.05 Å². The lowest BCUT2D eigenvalue weighted by Crippen LogP contribution is -2.61. The molecule has 5 rings (SSSR count). The van der Waals surface area contributed by atoms with Crippen molar-refractivity contribution in [2.24, 2.45) is 51.2 Å². The zero-order chi connectivity index (χ0) is 23.4. The second-order valence-corrected chi connectivity index (χ2v) is 13.7. The van der Waals surface area contributed by atoms with Crippen molar-refractivity contribution in [3.05, 3.63) is 24.9 Å². The van der Waals surface area contributed by atoms with Gasteiger partial charge in [0.15, 0.2) is 0 Å². The molecular formula is C31H53N. The van der Waals surface area contributed by atoms with Gasteiger partial charge in [-0.1, -0.05) is 53.2 Å². The van der Waals surface area contributed by atoms with Crippen LogP contribution >= 0.6 is 0 Å². The van der Waals surface area contributed by atoms with E-state index >= 15 is 0 Å². The molecule has 0 spiro atoms. The first-order chi connectivity index (χ1) is 15.1. The van der Waals surface area contributed by atoms with Gasteiger partial charge in [-0.15, -0.1) is 6.58 Å². The third kappa shape index (κ3) is 3.38. The first-order valence-corrected chi connectivity index (χ1v) is 14.0. The van der Waals surface area contributed by atoms with Gasteiger partial charge in [0, 0.05) is 18.2 Å². The van der Waals surface area contributed by atoms with E-state index < -0.39 is 0 Å². The van der Waals surface area contributed by atoms with Gasteiger partial charge in [-0.05, 0) is 117 Å². The van der Waals surface area contributed by atoms with Crippen molar-refractivity contribution < 1.29 is 0 Å². The van der Waals surface area contributed by atoms with Gasteiger partial charge < -0.3 is 5.32 Å². The van der Waals surface area contributed by atoms with E-state index in [1.807, 2.05) is 6.92 Å². The Morgan fingerprint density at radius 1 is 0.781 bits per heavy atom. The third-order valence-corrected chi connectivity index (χ3v) is 12.2. The van der Waals surface area contributed by atoms with Crippen LogP contribution in [-0.2, 0) is 0 Å². The summed E-state index contributed by atoms with van der Waals surface area (Å²) in [6, 6.07) is 0. The molecular weight excluding hydrogens is 386 g/mol. The fourth-order valence-electron chi connectivity index (χ4n) is 11.1. The standard InChI is InChI=1S/C28H47N.C3H6/c1-19(29-6)28-16-7-9-22(28)20-10-11-24-26(4,21(20)12-18-28)17-13-23-25(2,3)14-8-15-27(23,24)5;1-3-2/h20-24,29H,1,7-18H2,2-6H3;3H,1H2,2H3. The van der Waals surface area contributed by atoms with E-state index in [-0.39, 0.29) is 0 Å². The molecule has 0 aliphatic heterocycles. The lowest BCUT2D eigenvalue weighted by molar-refractivity contribution is -0.193. The number of hydrogen-bond donors (Lipinski definition) is 1. The van der Waals surface area contributed by atoms with Gasteiger partial charge in [-0.2, -0.15) is 0 Å². The molecule has 5 saturated carbocycles. The van der Waals surface area contributed by atoms with Crippen molar-refractivity contribution in [1.82, 2.24) is 5.32 Å². The Morgan fingerprint density at radius 2 is 1.50 bits per heavy atom. The van der Waals surface area contributed by atoms with Gasteiger partial charge in [-0.3, -0.25) is 0 Å². The first kappa shape index (κ1) is 24.4. The molecule has 8 unspecified atom stereocenters. The molecule has 1 heteroatoms. The predicted octanol–water partition coefficient (Wildman–Crippen LogP) is 8.77. The molecule has 0 aromatic heterocycles. The van der Waals surface area contributed by atoms with Crippen LogP contribution in [0.3, 0.4) is 0 Å². The SMILES string of the molecule is C=C(NC)C12CCCC1C1CCC3C(C)(CCC4C(C)(C)CCCC43C)C1CC2.C=CC. The van der Waals surface area contributed by atoms with E-state index in [0.29, 0.717) is 21.7 Å². The largest absolute Gasteiger partial charge is 0.391 e. The summed E-state index contributed by atoms with van der Waals surface area (Å²) < 4.78 is 0. The van der Waals surface area contributed by atoms with E-state index in [0.717, 1.165) is 29.6 Å². The van der Waals surface area contributed by atoms with Crippen LogP contribution in [0.4, 0.5) is 0 Å². The highest BCUT2D eigenvalue weighted by molar-refractivity contribution is 5.20. The van der Waals surface area contributed by atoms with E-state index in [9.17, 15) is 0 Å². The molecule has 0 amide bonds. The van der Waals surface area contributed by atoms with Crippen molar-refractivity contribution in [2.45, 2.75) is 112 Å². The quantitative estimate of drug-likeness (QED) is 0.424. The number of rotatable bonds is 2. The zero-order valence-corrected chi connectivity index (χ0v) is 22.4. The molecule has 0 bridgehead atoms. The van der Waals surface area contributed by atoms with E-state index in [2.05, 4.69) is 53.2 Å².